The molecule has 0 aromatic heterocycles. The Balaban J connectivity index is 1.16. The van der Waals surface area contributed by atoms with Crippen molar-refractivity contribution in [3.05, 3.63) is 60.3 Å². The molecule has 4 aliphatic carbocycles. The number of ether oxygens (including phenoxy) is 1. The third-order valence-corrected chi connectivity index (χ3v) is 14.1. The number of esters is 1. The van der Waals surface area contributed by atoms with Crippen molar-refractivity contribution in [3.8, 4) is 0 Å². The van der Waals surface area contributed by atoms with Crippen molar-refractivity contribution in [2.45, 2.75) is 177 Å². The van der Waals surface area contributed by atoms with Gasteiger partial charge in [-0.2, -0.15) is 0 Å². The maximum Gasteiger partial charge on any atom is 0.306 e. The number of unbranched alkanes of at least 4 members (excludes halogenated alkanes) is 7. The lowest BCUT2D eigenvalue weighted by atomic mass is 9.47. The fourth-order valence-corrected chi connectivity index (χ4v) is 11.1. The minimum absolute atomic E-state index is 0.0427. The van der Waals surface area contributed by atoms with E-state index in [2.05, 4.69) is 103 Å². The summed E-state index contributed by atoms with van der Waals surface area (Å²) in [6.45, 7) is 17.0. The highest BCUT2D eigenvalue weighted by molar-refractivity contribution is 5.69. The molecule has 3 fully saturated rings. The molecule has 0 amide bonds. The van der Waals surface area contributed by atoms with Crippen molar-refractivity contribution < 1.29 is 9.53 Å². The van der Waals surface area contributed by atoms with Crippen LogP contribution >= 0.6 is 0 Å². The normalized spacial score (nSPS) is 32.9. The molecule has 0 N–H and O–H groups in total. The molecule has 9 atom stereocenters. The van der Waals surface area contributed by atoms with Crippen LogP contribution in [0.3, 0.4) is 0 Å². The van der Waals surface area contributed by atoms with Crippen LogP contribution in [0.4, 0.5) is 0 Å². The average molecular weight is 673 g/mol. The van der Waals surface area contributed by atoms with Crippen LogP contribution in [-0.4, -0.2) is 12.1 Å². The van der Waals surface area contributed by atoms with Crippen LogP contribution in [-0.2, 0) is 9.53 Å². The topological polar surface area (TPSA) is 26.3 Å². The quantitative estimate of drug-likeness (QED) is 0.0591. The molecule has 276 valence electrons. The fraction of sp³-hybridized carbons (Fsp3) is 0.766. The minimum Gasteiger partial charge on any atom is -0.462 e. The summed E-state index contributed by atoms with van der Waals surface area (Å²) >= 11 is 0. The van der Waals surface area contributed by atoms with E-state index in [1.165, 1.54) is 83.5 Å². The summed E-state index contributed by atoms with van der Waals surface area (Å²) in [5, 5.41) is 0. The number of carbonyl (C=O) groups is 1. The number of hydrogen-bond donors (Lipinski definition) is 0. The maximum atomic E-state index is 12.8. The first-order chi connectivity index (χ1) is 23.6. The van der Waals surface area contributed by atoms with Crippen molar-refractivity contribution in [2.75, 3.05) is 0 Å². The smallest absolute Gasteiger partial charge is 0.306 e. The van der Waals surface area contributed by atoms with Gasteiger partial charge in [0.15, 0.2) is 0 Å². The first-order valence-electron chi connectivity index (χ1n) is 21.2. The van der Waals surface area contributed by atoms with E-state index >= 15 is 0 Å². The first-order valence-corrected chi connectivity index (χ1v) is 21.2. The second-order valence-corrected chi connectivity index (χ2v) is 17.6. The molecule has 49 heavy (non-hydrogen) atoms. The number of hydrogen-bond acceptors (Lipinski definition) is 2. The van der Waals surface area contributed by atoms with Gasteiger partial charge >= 0.3 is 5.97 Å². The van der Waals surface area contributed by atoms with Gasteiger partial charge in [0, 0.05) is 12.8 Å². The number of fused-ring (bicyclic) bond motifs is 5. The molecule has 0 spiro atoms. The van der Waals surface area contributed by atoms with Crippen molar-refractivity contribution >= 4 is 5.97 Å². The van der Waals surface area contributed by atoms with Crippen molar-refractivity contribution in [3.63, 3.8) is 0 Å². The average Bonchev–Trinajstić information content (AvgIpc) is 3.44. The molecular formula is C47H76O2. The fourth-order valence-electron chi connectivity index (χ4n) is 11.1. The van der Waals surface area contributed by atoms with Gasteiger partial charge in [-0.05, 0) is 129 Å². The van der Waals surface area contributed by atoms with E-state index in [0.29, 0.717) is 29.1 Å². The highest BCUT2D eigenvalue weighted by atomic mass is 16.5. The lowest BCUT2D eigenvalue weighted by Gasteiger charge is -2.58. The zero-order chi connectivity index (χ0) is 35.3. The molecule has 4 aliphatic rings. The van der Waals surface area contributed by atoms with Gasteiger partial charge in [-0.1, -0.05) is 141 Å². The zero-order valence-electron chi connectivity index (χ0n) is 33.1. The van der Waals surface area contributed by atoms with E-state index < -0.39 is 0 Å². The van der Waals surface area contributed by atoms with Gasteiger partial charge in [-0.15, -0.1) is 0 Å². The molecule has 0 aromatic carbocycles. The molecule has 0 aromatic rings. The highest BCUT2D eigenvalue weighted by Crippen LogP contribution is 2.67. The third kappa shape index (κ3) is 10.6. The van der Waals surface area contributed by atoms with Crippen LogP contribution in [0.5, 0.6) is 0 Å². The van der Waals surface area contributed by atoms with Gasteiger partial charge in [-0.3, -0.25) is 4.79 Å². The van der Waals surface area contributed by atoms with Gasteiger partial charge in [0.05, 0.1) is 0 Å². The lowest BCUT2D eigenvalue weighted by Crippen LogP contribution is -2.51. The Morgan fingerprint density at radius 1 is 0.837 bits per heavy atom. The summed E-state index contributed by atoms with van der Waals surface area (Å²) in [4.78, 5) is 12.8. The summed E-state index contributed by atoms with van der Waals surface area (Å²) in [6.07, 6.45) is 43.6. The van der Waals surface area contributed by atoms with E-state index in [-0.39, 0.29) is 12.1 Å². The van der Waals surface area contributed by atoms with Crippen LogP contribution in [0, 0.1) is 52.3 Å². The van der Waals surface area contributed by atoms with E-state index in [1.54, 1.807) is 5.57 Å². The van der Waals surface area contributed by atoms with Crippen LogP contribution < -0.4 is 0 Å². The molecule has 0 saturated heterocycles. The Bertz CT molecular complexity index is 1150. The van der Waals surface area contributed by atoms with Gasteiger partial charge in [0.2, 0.25) is 0 Å². The minimum atomic E-state index is 0.0427. The second kappa shape index (κ2) is 19.7. The Morgan fingerprint density at radius 2 is 1.55 bits per heavy atom. The highest BCUT2D eigenvalue weighted by Gasteiger charge is 2.59. The van der Waals surface area contributed by atoms with Crippen LogP contribution in [0.2, 0.25) is 0 Å². The Morgan fingerprint density at radius 3 is 2.27 bits per heavy atom. The van der Waals surface area contributed by atoms with Crippen molar-refractivity contribution in [1.29, 1.82) is 0 Å². The second-order valence-electron chi connectivity index (χ2n) is 17.6. The molecular weight excluding hydrogens is 597 g/mol. The Kier molecular flexibility index (Phi) is 16.1. The number of allylic oxidation sites excluding steroid dienone is 9. The standard InChI is InChI=1S/C47H76O2/c1-8-10-11-12-13-14-15-16-17-18-19-20-21-22-23-24-45(48)49-40-31-33-46(6)39(35-40)27-28-41-43-30-29-42(47(43,7)34-32-44(41)46)37(5)25-26-38(9-2)36(3)4/h10-15,25-27,36-38,40-44H,8-9,16-24,28-35H2,1-7H3/b11-10+,13-12+,15-14+,26-25+. The molecule has 9 unspecified atom stereocenters. The van der Waals surface area contributed by atoms with Gasteiger partial charge in [0.25, 0.3) is 0 Å². The summed E-state index contributed by atoms with van der Waals surface area (Å²) in [6, 6.07) is 0. The van der Waals surface area contributed by atoms with Gasteiger partial charge in [-0.25, -0.2) is 0 Å². The predicted octanol–water partition coefficient (Wildman–Crippen LogP) is 13.9. The third-order valence-electron chi connectivity index (χ3n) is 14.1. The van der Waals surface area contributed by atoms with E-state index in [9.17, 15) is 4.79 Å². The largest absolute Gasteiger partial charge is 0.462 e. The molecule has 2 heteroatoms. The molecule has 0 bridgehead atoms. The molecule has 2 nitrogen and oxygen atoms in total. The van der Waals surface area contributed by atoms with Gasteiger partial charge in [0.1, 0.15) is 6.10 Å². The molecule has 0 aliphatic heterocycles. The molecule has 4 rings (SSSR count). The van der Waals surface area contributed by atoms with Crippen LogP contribution in [0.1, 0.15) is 170 Å². The molecule has 3 saturated carbocycles. The van der Waals surface area contributed by atoms with Crippen LogP contribution in [0.25, 0.3) is 0 Å². The van der Waals surface area contributed by atoms with Gasteiger partial charge < -0.3 is 4.74 Å². The summed E-state index contributed by atoms with van der Waals surface area (Å²) < 4.78 is 6.13. The summed E-state index contributed by atoms with van der Waals surface area (Å²) in [7, 11) is 0. The van der Waals surface area contributed by atoms with E-state index in [4.69, 9.17) is 4.74 Å². The summed E-state index contributed by atoms with van der Waals surface area (Å²) in [5.74, 6) is 5.50. The molecule has 0 radical (unpaired) electrons. The van der Waals surface area contributed by atoms with Crippen LogP contribution in [0.15, 0.2) is 60.3 Å². The zero-order valence-corrected chi connectivity index (χ0v) is 33.1. The lowest BCUT2D eigenvalue weighted by molar-refractivity contribution is -0.151. The number of carbonyl (C=O) groups excluding carboxylic acids is 1. The monoisotopic (exact) mass is 673 g/mol. The van der Waals surface area contributed by atoms with Crippen molar-refractivity contribution in [1.82, 2.24) is 0 Å². The van der Waals surface area contributed by atoms with E-state index in [1.807, 2.05) is 0 Å². The SMILES string of the molecule is CC/C=C/C=C/C=C/CCCCCCCCCC(=O)OC1CCC2(C)C(=CCC3C2CCC2(C)C(C(C)/C=C/C(CC)C(C)C)CCC32)C1. The van der Waals surface area contributed by atoms with E-state index in [0.717, 1.165) is 61.7 Å². The molecule has 0 heterocycles. The Labute approximate surface area is 303 Å². The maximum absolute atomic E-state index is 12.8. The Hall–Kier alpha value is -1.83. The number of rotatable bonds is 19. The predicted molar refractivity (Wildman–Crippen MR) is 211 cm³/mol. The first kappa shape index (κ1) is 39.9. The van der Waals surface area contributed by atoms with Crippen molar-refractivity contribution in [2.24, 2.45) is 52.3 Å². The summed E-state index contributed by atoms with van der Waals surface area (Å²) in [5.41, 5.74) is 2.42.